The fourth-order valence-electron chi connectivity index (χ4n) is 3.37. The number of benzene rings is 2. The summed E-state index contributed by atoms with van der Waals surface area (Å²) in [6.45, 7) is 2.83. The van der Waals surface area contributed by atoms with E-state index in [1.807, 2.05) is 42.5 Å². The second kappa shape index (κ2) is 5.54. The maximum atomic E-state index is 12.7. The molecule has 1 amide bonds. The van der Waals surface area contributed by atoms with Crippen LogP contribution in [0.5, 0.6) is 0 Å². The number of amidine groups is 1. The van der Waals surface area contributed by atoms with Crippen LogP contribution < -0.4 is 5.32 Å². The first kappa shape index (κ1) is 14.0. The summed E-state index contributed by atoms with van der Waals surface area (Å²) in [4.78, 5) is 19.8. The number of nitrogens with zero attached hydrogens (tertiary/aromatic N) is 2. The van der Waals surface area contributed by atoms with Crippen LogP contribution in [0.4, 0.5) is 11.4 Å². The molecule has 4 rings (SSSR count). The Hall–Kier alpha value is -2.62. The minimum Gasteiger partial charge on any atom is -0.340 e. The van der Waals surface area contributed by atoms with Gasteiger partial charge in [-0.2, -0.15) is 0 Å². The fourth-order valence-corrected chi connectivity index (χ4v) is 3.37. The third kappa shape index (κ3) is 2.31. The van der Waals surface area contributed by atoms with Crippen LogP contribution in [-0.4, -0.2) is 22.7 Å². The quantitative estimate of drug-likeness (QED) is 0.919. The predicted molar refractivity (Wildman–Crippen MR) is 91.9 cm³/mol. The van der Waals surface area contributed by atoms with Crippen LogP contribution in [0.1, 0.15) is 30.9 Å². The summed E-state index contributed by atoms with van der Waals surface area (Å²) < 4.78 is 0. The summed E-state index contributed by atoms with van der Waals surface area (Å²) in [5.41, 5.74) is 4.01. The van der Waals surface area contributed by atoms with E-state index in [1.165, 1.54) is 5.56 Å². The number of aliphatic imine (C=N–C) groups is 1. The van der Waals surface area contributed by atoms with Crippen molar-refractivity contribution in [1.29, 1.82) is 0 Å². The SMILES string of the molecule is CCCC1C(=O)Nc2ccccc2C2=Nc3ccccc3CN21. The van der Waals surface area contributed by atoms with E-state index < -0.39 is 0 Å². The molecule has 4 nitrogen and oxygen atoms in total. The number of carbonyl (C=O) groups excluding carboxylic acids is 1. The smallest absolute Gasteiger partial charge is 0.247 e. The van der Waals surface area contributed by atoms with Gasteiger partial charge in [0.1, 0.15) is 11.9 Å². The number of rotatable bonds is 2. The van der Waals surface area contributed by atoms with Gasteiger partial charge in [0, 0.05) is 12.1 Å². The van der Waals surface area contributed by atoms with Crippen molar-refractivity contribution >= 4 is 23.1 Å². The molecule has 2 aromatic carbocycles. The summed E-state index contributed by atoms with van der Waals surface area (Å²) in [5.74, 6) is 0.958. The maximum Gasteiger partial charge on any atom is 0.247 e. The third-order valence-electron chi connectivity index (χ3n) is 4.50. The second-order valence-electron chi connectivity index (χ2n) is 6.03. The Kier molecular flexibility index (Phi) is 3.37. The molecule has 1 N–H and O–H groups in total. The highest BCUT2D eigenvalue weighted by Crippen LogP contribution is 2.34. The Morgan fingerprint density at radius 3 is 2.83 bits per heavy atom. The number of fused-ring (bicyclic) bond motifs is 4. The first-order chi connectivity index (χ1) is 11.3. The van der Waals surface area contributed by atoms with Crippen LogP contribution >= 0.6 is 0 Å². The standard InChI is InChI=1S/C19H19N3O/c1-2-7-17-19(23)21-16-11-6-4-9-14(16)18-20-15-10-5-3-8-13(15)12-22(17)18/h3-6,8-11,17H,2,7,12H2,1H3,(H,21,23). The van der Waals surface area contributed by atoms with Gasteiger partial charge in [0.05, 0.1) is 11.4 Å². The van der Waals surface area contributed by atoms with Crippen molar-refractivity contribution in [3.05, 3.63) is 59.7 Å². The van der Waals surface area contributed by atoms with Crippen LogP contribution in [0.2, 0.25) is 0 Å². The molecule has 1 unspecified atom stereocenters. The van der Waals surface area contributed by atoms with Gasteiger partial charge in [0.25, 0.3) is 0 Å². The van der Waals surface area contributed by atoms with Gasteiger partial charge in [0.15, 0.2) is 0 Å². The number of nitrogens with one attached hydrogen (secondary N) is 1. The van der Waals surface area contributed by atoms with Gasteiger partial charge in [-0.1, -0.05) is 43.7 Å². The molecule has 0 fully saturated rings. The van der Waals surface area contributed by atoms with Gasteiger partial charge in [-0.15, -0.1) is 0 Å². The molecule has 0 saturated carbocycles. The average molecular weight is 305 g/mol. The molecule has 116 valence electrons. The zero-order valence-corrected chi connectivity index (χ0v) is 13.1. The van der Waals surface area contributed by atoms with E-state index in [1.54, 1.807) is 0 Å². The Morgan fingerprint density at radius 1 is 1.17 bits per heavy atom. The van der Waals surface area contributed by atoms with E-state index in [0.717, 1.165) is 42.2 Å². The largest absolute Gasteiger partial charge is 0.340 e. The molecule has 0 spiro atoms. The summed E-state index contributed by atoms with van der Waals surface area (Å²) in [5, 5.41) is 3.08. The molecule has 2 heterocycles. The van der Waals surface area contributed by atoms with E-state index >= 15 is 0 Å². The van der Waals surface area contributed by atoms with Gasteiger partial charge in [-0.25, -0.2) is 4.99 Å². The minimum absolute atomic E-state index is 0.0591. The molecule has 1 atom stereocenters. The number of hydrogen-bond donors (Lipinski definition) is 1. The zero-order valence-electron chi connectivity index (χ0n) is 13.1. The van der Waals surface area contributed by atoms with E-state index in [0.29, 0.717) is 0 Å². The zero-order chi connectivity index (χ0) is 15.8. The van der Waals surface area contributed by atoms with Crippen molar-refractivity contribution in [2.45, 2.75) is 32.4 Å². The Balaban J connectivity index is 1.91. The summed E-state index contributed by atoms with van der Waals surface area (Å²) >= 11 is 0. The molecule has 0 aliphatic carbocycles. The molecule has 23 heavy (non-hydrogen) atoms. The highest BCUT2D eigenvalue weighted by molar-refractivity contribution is 6.13. The lowest BCUT2D eigenvalue weighted by Gasteiger charge is -2.34. The van der Waals surface area contributed by atoms with E-state index in [-0.39, 0.29) is 11.9 Å². The van der Waals surface area contributed by atoms with Gasteiger partial charge >= 0.3 is 0 Å². The molecule has 0 bridgehead atoms. The number of carbonyl (C=O) groups is 1. The summed E-state index contributed by atoms with van der Waals surface area (Å²) in [6, 6.07) is 15.9. The monoisotopic (exact) mass is 305 g/mol. The van der Waals surface area contributed by atoms with Gasteiger partial charge < -0.3 is 10.2 Å². The van der Waals surface area contributed by atoms with E-state index in [4.69, 9.17) is 4.99 Å². The normalized spacial score (nSPS) is 19.0. The highest BCUT2D eigenvalue weighted by Gasteiger charge is 2.35. The van der Waals surface area contributed by atoms with E-state index in [2.05, 4.69) is 23.2 Å². The van der Waals surface area contributed by atoms with Crippen molar-refractivity contribution < 1.29 is 4.79 Å². The lowest BCUT2D eigenvalue weighted by atomic mass is 10.0. The lowest BCUT2D eigenvalue weighted by molar-refractivity contribution is -0.120. The van der Waals surface area contributed by atoms with Gasteiger partial charge in [0.2, 0.25) is 5.91 Å². The first-order valence-electron chi connectivity index (χ1n) is 8.11. The molecule has 0 saturated heterocycles. The Bertz CT molecular complexity index is 797. The average Bonchev–Trinajstić information content (AvgIpc) is 2.69. The third-order valence-corrected chi connectivity index (χ3v) is 4.50. The number of hydrogen-bond acceptors (Lipinski definition) is 3. The molecule has 2 aliphatic heterocycles. The van der Waals surface area contributed by atoms with Crippen LogP contribution in [0.15, 0.2) is 53.5 Å². The van der Waals surface area contributed by atoms with Crippen molar-refractivity contribution in [3.63, 3.8) is 0 Å². The van der Waals surface area contributed by atoms with Crippen LogP contribution in [-0.2, 0) is 11.3 Å². The van der Waals surface area contributed by atoms with Crippen molar-refractivity contribution in [2.75, 3.05) is 5.32 Å². The first-order valence-corrected chi connectivity index (χ1v) is 8.11. The second-order valence-corrected chi connectivity index (χ2v) is 6.03. The Morgan fingerprint density at radius 2 is 1.96 bits per heavy atom. The lowest BCUT2D eigenvalue weighted by Crippen LogP contribution is -2.45. The molecule has 2 aliphatic rings. The predicted octanol–water partition coefficient (Wildman–Crippen LogP) is 3.70. The summed E-state index contributed by atoms with van der Waals surface area (Å²) in [7, 11) is 0. The summed E-state index contributed by atoms with van der Waals surface area (Å²) in [6.07, 6.45) is 1.78. The van der Waals surface area contributed by atoms with Crippen molar-refractivity contribution in [2.24, 2.45) is 4.99 Å². The Labute approximate surface area is 135 Å². The van der Waals surface area contributed by atoms with Crippen molar-refractivity contribution in [1.82, 2.24) is 4.90 Å². The fraction of sp³-hybridized carbons (Fsp3) is 0.263. The van der Waals surface area contributed by atoms with Crippen molar-refractivity contribution in [3.8, 4) is 0 Å². The molecule has 0 radical (unpaired) electrons. The van der Waals surface area contributed by atoms with E-state index in [9.17, 15) is 4.79 Å². The molecule has 2 aromatic rings. The van der Waals surface area contributed by atoms with Crippen LogP contribution in [0.25, 0.3) is 0 Å². The number of amides is 1. The van der Waals surface area contributed by atoms with Crippen LogP contribution in [0, 0.1) is 0 Å². The minimum atomic E-state index is -0.181. The van der Waals surface area contributed by atoms with Crippen LogP contribution in [0.3, 0.4) is 0 Å². The molecule has 0 aromatic heterocycles. The molecular weight excluding hydrogens is 286 g/mol. The number of para-hydroxylation sites is 2. The molecule has 4 heteroatoms. The number of anilines is 1. The molecular formula is C19H19N3O. The van der Waals surface area contributed by atoms with Gasteiger partial charge in [-0.3, -0.25) is 4.79 Å². The topological polar surface area (TPSA) is 44.7 Å². The highest BCUT2D eigenvalue weighted by atomic mass is 16.2. The van der Waals surface area contributed by atoms with Gasteiger partial charge in [-0.05, 0) is 30.2 Å². The maximum absolute atomic E-state index is 12.7.